The van der Waals surface area contributed by atoms with Crippen LogP contribution in [0.1, 0.15) is 11.3 Å². The molecular weight excluding hydrogens is 238 g/mol. The summed E-state index contributed by atoms with van der Waals surface area (Å²) in [6.07, 6.45) is 2.12. The number of anilines is 1. The average Bonchev–Trinajstić information content (AvgIpc) is 2.88. The molecule has 1 aromatic carbocycles. The summed E-state index contributed by atoms with van der Waals surface area (Å²) < 4.78 is 31.9. The highest BCUT2D eigenvalue weighted by molar-refractivity contribution is 5.49. The fraction of sp³-hybridized carbons (Fsp3) is 0.154. The van der Waals surface area contributed by atoms with E-state index in [1.807, 2.05) is 0 Å². The molecule has 0 aliphatic carbocycles. The monoisotopic (exact) mass is 248 g/mol. The normalized spacial score (nSPS) is 10.1. The van der Waals surface area contributed by atoms with E-state index >= 15 is 0 Å². The average molecular weight is 248 g/mol. The van der Waals surface area contributed by atoms with Gasteiger partial charge in [0.2, 0.25) is 0 Å². The molecule has 0 fully saturated rings. The summed E-state index contributed by atoms with van der Waals surface area (Å²) in [5.74, 6) is -1.40. The maximum atomic E-state index is 13.5. The Labute approximate surface area is 103 Å². The molecule has 0 atom stereocenters. The van der Waals surface area contributed by atoms with Crippen LogP contribution in [0.5, 0.6) is 0 Å². The third-order valence-electron chi connectivity index (χ3n) is 2.47. The zero-order valence-corrected chi connectivity index (χ0v) is 9.41. The second kappa shape index (κ2) is 5.32. The predicted molar refractivity (Wildman–Crippen MR) is 62.0 cm³/mol. The van der Waals surface area contributed by atoms with Crippen LogP contribution in [0.15, 0.2) is 34.9 Å². The Kier molecular flexibility index (Phi) is 3.58. The van der Waals surface area contributed by atoms with Crippen molar-refractivity contribution in [1.82, 2.24) is 0 Å². The van der Waals surface area contributed by atoms with Crippen molar-refractivity contribution in [3.63, 3.8) is 0 Å². The molecule has 1 heterocycles. The topological polar surface area (TPSA) is 49.0 Å². The highest BCUT2D eigenvalue weighted by atomic mass is 19.2. The molecular formula is C13H10F2N2O. The van der Waals surface area contributed by atoms with Crippen molar-refractivity contribution in [3.05, 3.63) is 53.5 Å². The molecule has 92 valence electrons. The summed E-state index contributed by atoms with van der Waals surface area (Å²) in [4.78, 5) is 0. The van der Waals surface area contributed by atoms with Gasteiger partial charge in [0.1, 0.15) is 11.8 Å². The Bertz CT molecular complexity index is 573. The lowest BCUT2D eigenvalue weighted by atomic mass is 10.2. The van der Waals surface area contributed by atoms with Gasteiger partial charge >= 0.3 is 0 Å². The van der Waals surface area contributed by atoms with Gasteiger partial charge in [-0.3, -0.25) is 0 Å². The summed E-state index contributed by atoms with van der Waals surface area (Å²) >= 11 is 0. The van der Waals surface area contributed by atoms with Crippen molar-refractivity contribution >= 4 is 5.69 Å². The summed E-state index contributed by atoms with van der Waals surface area (Å²) in [5, 5.41) is 11.3. The fourth-order valence-corrected chi connectivity index (χ4v) is 1.55. The molecule has 0 aliphatic heterocycles. The van der Waals surface area contributed by atoms with Crippen LogP contribution in [0, 0.1) is 23.0 Å². The van der Waals surface area contributed by atoms with Crippen LogP contribution in [0.4, 0.5) is 14.5 Å². The van der Waals surface area contributed by atoms with Gasteiger partial charge in [-0.15, -0.1) is 0 Å². The predicted octanol–water partition coefficient (Wildman–Crippen LogP) is 3.08. The van der Waals surface area contributed by atoms with Crippen LogP contribution < -0.4 is 5.32 Å². The second-order valence-corrected chi connectivity index (χ2v) is 3.66. The molecule has 2 rings (SSSR count). The fourth-order valence-electron chi connectivity index (χ4n) is 1.55. The Morgan fingerprint density at radius 3 is 2.72 bits per heavy atom. The summed E-state index contributed by atoms with van der Waals surface area (Å²) in [5.41, 5.74) is -0.262. The molecule has 0 aliphatic rings. The van der Waals surface area contributed by atoms with Gasteiger partial charge in [-0.05, 0) is 24.3 Å². The number of rotatable bonds is 4. The lowest BCUT2D eigenvalue weighted by Crippen LogP contribution is -2.07. The molecule has 1 N–H and O–H groups in total. The van der Waals surface area contributed by atoms with Gasteiger partial charge in [0.25, 0.3) is 0 Å². The maximum Gasteiger partial charge on any atom is 0.183 e. The first-order valence-corrected chi connectivity index (χ1v) is 5.36. The standard InChI is InChI=1S/C13H10F2N2O/c14-12-9(8-16)3-4-11(13(12)15)17-6-5-10-2-1-7-18-10/h1-4,7,17H,5-6H2. The molecule has 0 unspecified atom stereocenters. The molecule has 5 heteroatoms. The van der Waals surface area contributed by atoms with Crippen LogP contribution in [0.3, 0.4) is 0 Å². The lowest BCUT2D eigenvalue weighted by molar-refractivity contribution is 0.505. The van der Waals surface area contributed by atoms with E-state index in [0.29, 0.717) is 13.0 Å². The van der Waals surface area contributed by atoms with Gasteiger partial charge in [-0.25, -0.2) is 8.78 Å². The molecule has 0 amide bonds. The molecule has 2 aromatic rings. The minimum Gasteiger partial charge on any atom is -0.469 e. The van der Waals surface area contributed by atoms with Gasteiger partial charge in [-0.2, -0.15) is 5.26 Å². The molecule has 0 saturated heterocycles. The van der Waals surface area contributed by atoms with Gasteiger partial charge < -0.3 is 9.73 Å². The minimum atomic E-state index is -1.12. The van der Waals surface area contributed by atoms with Crippen LogP contribution in [0.2, 0.25) is 0 Å². The number of hydrogen-bond acceptors (Lipinski definition) is 3. The summed E-state index contributed by atoms with van der Waals surface area (Å²) in [7, 11) is 0. The molecule has 18 heavy (non-hydrogen) atoms. The molecule has 0 spiro atoms. The number of nitrogens with one attached hydrogen (secondary N) is 1. The van der Waals surface area contributed by atoms with E-state index in [0.717, 1.165) is 5.76 Å². The largest absolute Gasteiger partial charge is 0.469 e. The van der Waals surface area contributed by atoms with Crippen LogP contribution in [-0.4, -0.2) is 6.54 Å². The van der Waals surface area contributed by atoms with Crippen molar-refractivity contribution in [2.75, 3.05) is 11.9 Å². The van der Waals surface area contributed by atoms with Gasteiger partial charge in [0.15, 0.2) is 11.6 Å². The Morgan fingerprint density at radius 1 is 1.22 bits per heavy atom. The highest BCUT2D eigenvalue weighted by Crippen LogP contribution is 2.20. The number of benzene rings is 1. The van der Waals surface area contributed by atoms with E-state index in [1.165, 1.54) is 12.1 Å². The first-order chi connectivity index (χ1) is 8.72. The van der Waals surface area contributed by atoms with Crippen molar-refractivity contribution < 1.29 is 13.2 Å². The quantitative estimate of drug-likeness (QED) is 0.904. The van der Waals surface area contributed by atoms with Crippen LogP contribution >= 0.6 is 0 Å². The molecule has 0 bridgehead atoms. The van der Waals surface area contributed by atoms with Crippen molar-refractivity contribution in [3.8, 4) is 6.07 Å². The summed E-state index contributed by atoms with van der Waals surface area (Å²) in [6.45, 7) is 0.412. The molecule has 3 nitrogen and oxygen atoms in total. The zero-order valence-electron chi connectivity index (χ0n) is 9.41. The van der Waals surface area contributed by atoms with Gasteiger partial charge in [0.05, 0.1) is 17.5 Å². The second-order valence-electron chi connectivity index (χ2n) is 3.66. The number of nitriles is 1. The Balaban J connectivity index is 2.02. The van der Waals surface area contributed by atoms with Crippen molar-refractivity contribution in [2.45, 2.75) is 6.42 Å². The number of halogens is 2. The van der Waals surface area contributed by atoms with E-state index in [-0.39, 0.29) is 11.3 Å². The van der Waals surface area contributed by atoms with Crippen molar-refractivity contribution in [1.29, 1.82) is 5.26 Å². The third kappa shape index (κ3) is 2.48. The van der Waals surface area contributed by atoms with Crippen LogP contribution in [-0.2, 0) is 6.42 Å². The molecule has 0 saturated carbocycles. The number of furan rings is 1. The smallest absolute Gasteiger partial charge is 0.183 e. The highest BCUT2D eigenvalue weighted by Gasteiger charge is 2.12. The van der Waals surface area contributed by atoms with E-state index in [9.17, 15) is 8.78 Å². The van der Waals surface area contributed by atoms with E-state index in [4.69, 9.17) is 9.68 Å². The van der Waals surface area contributed by atoms with E-state index in [1.54, 1.807) is 24.5 Å². The van der Waals surface area contributed by atoms with Gasteiger partial charge in [-0.1, -0.05) is 0 Å². The minimum absolute atomic E-state index is 0.0399. The number of nitrogens with zero attached hydrogens (tertiary/aromatic N) is 1. The first-order valence-electron chi connectivity index (χ1n) is 5.36. The van der Waals surface area contributed by atoms with Crippen LogP contribution in [0.25, 0.3) is 0 Å². The maximum absolute atomic E-state index is 13.5. The van der Waals surface area contributed by atoms with E-state index < -0.39 is 11.6 Å². The zero-order chi connectivity index (χ0) is 13.0. The van der Waals surface area contributed by atoms with Gasteiger partial charge in [0, 0.05) is 13.0 Å². The SMILES string of the molecule is N#Cc1ccc(NCCc2ccco2)c(F)c1F. The van der Waals surface area contributed by atoms with Crippen molar-refractivity contribution in [2.24, 2.45) is 0 Å². The first kappa shape index (κ1) is 12.1. The lowest BCUT2D eigenvalue weighted by Gasteiger charge is -2.07. The molecule has 0 radical (unpaired) electrons. The Morgan fingerprint density at radius 2 is 2.06 bits per heavy atom. The number of hydrogen-bond donors (Lipinski definition) is 1. The third-order valence-corrected chi connectivity index (χ3v) is 2.47. The van der Waals surface area contributed by atoms with E-state index in [2.05, 4.69) is 5.32 Å². The molecule has 1 aromatic heterocycles. The Hall–Kier alpha value is -2.35. The summed E-state index contributed by atoms with van der Waals surface area (Å²) in [6, 6.07) is 7.74.